The fraction of sp³-hybridized carbons (Fsp3) is 0.750. The lowest BCUT2D eigenvalue weighted by Gasteiger charge is -2.33. The van der Waals surface area contributed by atoms with E-state index in [1.807, 2.05) is 0 Å². The lowest BCUT2D eigenvalue weighted by Crippen LogP contribution is -2.53. The van der Waals surface area contributed by atoms with Gasteiger partial charge in [0.25, 0.3) is 0 Å². The highest BCUT2D eigenvalue weighted by molar-refractivity contribution is 5.85. The summed E-state index contributed by atoms with van der Waals surface area (Å²) < 4.78 is 0. The summed E-state index contributed by atoms with van der Waals surface area (Å²) in [4.78, 5) is 21.9. The summed E-state index contributed by atoms with van der Waals surface area (Å²) in [6, 6.07) is 0. The summed E-state index contributed by atoms with van der Waals surface area (Å²) >= 11 is 0. The van der Waals surface area contributed by atoms with Crippen LogP contribution in [-0.4, -0.2) is 48.5 Å². The van der Waals surface area contributed by atoms with Gasteiger partial charge in [-0.3, -0.25) is 9.59 Å². The third-order valence-electron chi connectivity index (χ3n) is 2.06. The smallest absolute Gasteiger partial charge is 0.243 e. The number of hydrogen-bond donors (Lipinski definition) is 1. The van der Waals surface area contributed by atoms with Crippen LogP contribution in [0.4, 0.5) is 0 Å². The second-order valence-corrected chi connectivity index (χ2v) is 2.90. The van der Waals surface area contributed by atoms with Crippen molar-refractivity contribution in [3.8, 4) is 0 Å². The molecule has 0 aromatic rings. The largest absolute Gasteiger partial charge is 0.314 e. The third-order valence-corrected chi connectivity index (χ3v) is 2.06. The minimum Gasteiger partial charge on any atom is -0.314 e. The van der Waals surface area contributed by atoms with E-state index in [9.17, 15) is 9.59 Å². The van der Waals surface area contributed by atoms with Gasteiger partial charge in [0.1, 0.15) is 0 Å². The van der Waals surface area contributed by atoms with Crippen LogP contribution in [0.3, 0.4) is 0 Å². The van der Waals surface area contributed by atoms with Gasteiger partial charge < -0.3 is 5.32 Å². The van der Waals surface area contributed by atoms with Crippen molar-refractivity contribution in [3.63, 3.8) is 0 Å². The number of carbonyl (C=O) groups excluding carboxylic acids is 2. The Bertz CT molecular complexity index is 190. The molecule has 74 valence electrons. The molecule has 0 unspecified atom stereocenters. The minimum absolute atomic E-state index is 0.142. The van der Waals surface area contributed by atoms with Crippen molar-refractivity contribution >= 4 is 12.3 Å². The number of rotatable bonds is 3. The van der Waals surface area contributed by atoms with Gasteiger partial charge in [0.2, 0.25) is 12.3 Å². The molecular weight excluding hydrogens is 170 g/mol. The monoisotopic (exact) mass is 185 g/mol. The molecule has 1 aliphatic rings. The molecule has 13 heavy (non-hydrogen) atoms. The zero-order chi connectivity index (χ0) is 9.68. The molecule has 5 nitrogen and oxygen atoms in total. The van der Waals surface area contributed by atoms with Crippen LogP contribution >= 0.6 is 0 Å². The first-order valence-electron chi connectivity index (χ1n) is 4.52. The molecule has 1 N–H and O–H groups in total. The number of piperazine rings is 1. The maximum Gasteiger partial charge on any atom is 0.243 e. The number of amides is 2. The van der Waals surface area contributed by atoms with E-state index in [-0.39, 0.29) is 5.91 Å². The number of hydrogen-bond acceptors (Lipinski definition) is 4. The summed E-state index contributed by atoms with van der Waals surface area (Å²) in [6.45, 7) is 4.82. The van der Waals surface area contributed by atoms with E-state index in [0.717, 1.165) is 13.1 Å². The molecule has 0 spiro atoms. The number of imide groups is 1. The van der Waals surface area contributed by atoms with Crippen LogP contribution in [0.1, 0.15) is 13.3 Å². The zero-order valence-corrected chi connectivity index (χ0v) is 7.82. The fourth-order valence-electron chi connectivity index (χ4n) is 1.31. The lowest BCUT2D eigenvalue weighted by atomic mass is 10.4. The first kappa shape index (κ1) is 10.1. The highest BCUT2D eigenvalue weighted by Crippen LogP contribution is 2.00. The molecule has 0 aliphatic carbocycles. The maximum absolute atomic E-state index is 11.3. The predicted molar refractivity (Wildman–Crippen MR) is 47.6 cm³/mol. The summed E-state index contributed by atoms with van der Waals surface area (Å²) in [7, 11) is 0. The van der Waals surface area contributed by atoms with Gasteiger partial charge in [-0.2, -0.15) is 0 Å². The number of hydrazine groups is 1. The van der Waals surface area contributed by atoms with Crippen LogP contribution in [0.5, 0.6) is 0 Å². The van der Waals surface area contributed by atoms with E-state index >= 15 is 0 Å². The predicted octanol–water partition coefficient (Wildman–Crippen LogP) is -0.798. The number of nitrogens with one attached hydrogen (secondary N) is 1. The Balaban J connectivity index is 2.53. The summed E-state index contributed by atoms with van der Waals surface area (Å²) in [5, 5.41) is 6.11. The fourth-order valence-corrected chi connectivity index (χ4v) is 1.31. The molecule has 1 saturated heterocycles. The van der Waals surface area contributed by atoms with Gasteiger partial charge in [-0.25, -0.2) is 10.0 Å². The van der Waals surface area contributed by atoms with E-state index < -0.39 is 0 Å². The van der Waals surface area contributed by atoms with Crippen molar-refractivity contribution in [1.29, 1.82) is 0 Å². The highest BCUT2D eigenvalue weighted by atomic mass is 16.2. The molecule has 1 heterocycles. The number of carbonyl (C=O) groups is 2. The van der Waals surface area contributed by atoms with Crippen LogP contribution in [-0.2, 0) is 9.59 Å². The van der Waals surface area contributed by atoms with Gasteiger partial charge in [0, 0.05) is 32.6 Å². The first-order chi connectivity index (χ1) is 6.29. The van der Waals surface area contributed by atoms with Crippen LogP contribution in [0.2, 0.25) is 0 Å². The molecule has 0 radical (unpaired) electrons. The zero-order valence-electron chi connectivity index (χ0n) is 7.82. The maximum atomic E-state index is 11.3. The van der Waals surface area contributed by atoms with Crippen LogP contribution in [0.15, 0.2) is 0 Å². The minimum atomic E-state index is -0.142. The molecule has 0 atom stereocenters. The van der Waals surface area contributed by atoms with E-state index in [0.29, 0.717) is 25.9 Å². The van der Waals surface area contributed by atoms with E-state index in [1.54, 1.807) is 11.9 Å². The molecule has 1 fully saturated rings. The Labute approximate surface area is 77.7 Å². The molecule has 0 bridgehead atoms. The molecule has 2 amide bonds. The lowest BCUT2D eigenvalue weighted by molar-refractivity contribution is -0.157. The highest BCUT2D eigenvalue weighted by Gasteiger charge is 2.20. The van der Waals surface area contributed by atoms with Crippen molar-refractivity contribution < 1.29 is 9.59 Å². The second kappa shape index (κ2) is 4.94. The summed E-state index contributed by atoms with van der Waals surface area (Å²) in [5.41, 5.74) is 0. The Morgan fingerprint density at radius 1 is 1.54 bits per heavy atom. The Morgan fingerprint density at radius 2 is 2.15 bits per heavy atom. The molecular formula is C8H15N3O2. The molecule has 1 rings (SSSR count). The molecule has 0 saturated carbocycles. The standard InChI is InChI=1S/C8H15N3O2/c1-2-8(13)11(7-12)10-5-3-9-4-6-10/h7,9H,2-6H2,1H3. The molecule has 5 heteroatoms. The topological polar surface area (TPSA) is 52.7 Å². The van der Waals surface area contributed by atoms with Crippen LogP contribution in [0, 0.1) is 0 Å². The van der Waals surface area contributed by atoms with Crippen molar-refractivity contribution in [1.82, 2.24) is 15.3 Å². The normalized spacial score (nSPS) is 18.2. The van der Waals surface area contributed by atoms with Crippen molar-refractivity contribution in [2.75, 3.05) is 26.2 Å². The van der Waals surface area contributed by atoms with Gasteiger partial charge in [-0.05, 0) is 0 Å². The van der Waals surface area contributed by atoms with Crippen LogP contribution < -0.4 is 5.32 Å². The number of nitrogens with zero attached hydrogens (tertiary/aromatic N) is 2. The Morgan fingerprint density at radius 3 is 2.62 bits per heavy atom. The molecule has 1 aliphatic heterocycles. The van der Waals surface area contributed by atoms with E-state index in [1.165, 1.54) is 5.01 Å². The van der Waals surface area contributed by atoms with Gasteiger partial charge >= 0.3 is 0 Å². The van der Waals surface area contributed by atoms with Crippen LogP contribution in [0.25, 0.3) is 0 Å². The average Bonchev–Trinajstić information content (AvgIpc) is 2.20. The molecule has 0 aromatic carbocycles. The second-order valence-electron chi connectivity index (χ2n) is 2.90. The average molecular weight is 185 g/mol. The third kappa shape index (κ3) is 2.50. The van der Waals surface area contributed by atoms with Gasteiger partial charge in [0.05, 0.1) is 0 Å². The quantitative estimate of drug-likeness (QED) is 0.585. The SMILES string of the molecule is CCC(=O)N(C=O)N1CCNCC1. The van der Waals surface area contributed by atoms with E-state index in [2.05, 4.69) is 5.32 Å². The van der Waals surface area contributed by atoms with Gasteiger partial charge in [-0.1, -0.05) is 6.92 Å². The van der Waals surface area contributed by atoms with Gasteiger partial charge in [-0.15, -0.1) is 0 Å². The first-order valence-corrected chi connectivity index (χ1v) is 4.52. The van der Waals surface area contributed by atoms with Crippen molar-refractivity contribution in [3.05, 3.63) is 0 Å². The van der Waals surface area contributed by atoms with Gasteiger partial charge in [0.15, 0.2) is 0 Å². The molecule has 0 aromatic heterocycles. The Hall–Kier alpha value is -0.940. The van der Waals surface area contributed by atoms with Crippen molar-refractivity contribution in [2.45, 2.75) is 13.3 Å². The van der Waals surface area contributed by atoms with E-state index in [4.69, 9.17) is 0 Å². The Kier molecular flexibility index (Phi) is 3.85. The summed E-state index contributed by atoms with van der Waals surface area (Å²) in [5.74, 6) is -0.142. The van der Waals surface area contributed by atoms with Crippen molar-refractivity contribution in [2.24, 2.45) is 0 Å². The summed E-state index contributed by atoms with van der Waals surface area (Å²) in [6.07, 6.45) is 0.958.